The van der Waals surface area contributed by atoms with E-state index in [-0.39, 0.29) is 12.5 Å². The number of benzene rings is 2. The molecule has 1 fully saturated rings. The van der Waals surface area contributed by atoms with Crippen LogP contribution in [0, 0.1) is 0 Å². The number of aliphatic hydroxyl groups excluding tert-OH is 1. The summed E-state index contributed by atoms with van der Waals surface area (Å²) in [6.07, 6.45) is 1.08. The van der Waals surface area contributed by atoms with Crippen LogP contribution in [0.25, 0.3) is 0 Å². The lowest BCUT2D eigenvalue weighted by molar-refractivity contribution is 0.268. The maximum Gasteiger partial charge on any atom is 0.191 e. The Bertz CT molecular complexity index is 735. The van der Waals surface area contributed by atoms with Gasteiger partial charge in [0.25, 0.3) is 0 Å². The Labute approximate surface area is 160 Å². The number of aliphatic imine (C=N–C) groups is 1. The Morgan fingerprint density at radius 1 is 1.23 bits per heavy atom. The Hall–Kier alpha value is -2.04. The third-order valence-electron chi connectivity index (χ3n) is 4.69. The summed E-state index contributed by atoms with van der Waals surface area (Å²) in [4.78, 5) is 4.70. The van der Waals surface area contributed by atoms with E-state index in [1.54, 1.807) is 0 Å². The number of rotatable bonds is 7. The van der Waals surface area contributed by atoms with Crippen molar-refractivity contribution in [1.29, 1.82) is 0 Å². The van der Waals surface area contributed by atoms with E-state index in [0.29, 0.717) is 18.5 Å². The predicted octanol–water partition coefficient (Wildman–Crippen LogP) is 3.53. The number of halogens is 1. The number of nitrogens with one attached hydrogen (secondary N) is 2. The van der Waals surface area contributed by atoms with E-state index in [2.05, 4.69) is 23.6 Å². The van der Waals surface area contributed by atoms with E-state index < -0.39 is 0 Å². The van der Waals surface area contributed by atoms with Crippen molar-refractivity contribution in [3.05, 3.63) is 70.7 Å². The van der Waals surface area contributed by atoms with Crippen LogP contribution in [0.15, 0.2) is 59.6 Å². The second-order valence-corrected chi connectivity index (χ2v) is 7.09. The van der Waals surface area contributed by atoms with Crippen LogP contribution < -0.4 is 10.6 Å². The van der Waals surface area contributed by atoms with Gasteiger partial charge in [-0.1, -0.05) is 54.1 Å². The molecule has 26 heavy (non-hydrogen) atoms. The van der Waals surface area contributed by atoms with Crippen molar-refractivity contribution in [2.75, 3.05) is 19.7 Å². The quantitative estimate of drug-likeness (QED) is 0.515. The molecule has 4 nitrogen and oxygen atoms in total. The standard InChI is InChI=1S/C21H26ClN3O/c1-2-23-21(24-13-17(14-26)15-7-4-3-5-8-15)25-20-12-19(20)16-9-6-10-18(22)11-16/h3-11,17,19-20,26H,2,12-14H2,1H3,(H2,23,24,25). The van der Waals surface area contributed by atoms with Gasteiger partial charge in [-0.05, 0) is 36.6 Å². The van der Waals surface area contributed by atoms with Gasteiger partial charge in [-0.15, -0.1) is 0 Å². The largest absolute Gasteiger partial charge is 0.396 e. The molecule has 3 rings (SSSR count). The first-order valence-corrected chi connectivity index (χ1v) is 9.55. The second kappa shape index (κ2) is 9.06. The molecule has 2 aromatic rings. The van der Waals surface area contributed by atoms with Crippen molar-refractivity contribution >= 4 is 17.6 Å². The minimum Gasteiger partial charge on any atom is -0.396 e. The Morgan fingerprint density at radius 2 is 2.04 bits per heavy atom. The number of hydrogen-bond donors (Lipinski definition) is 3. The number of aliphatic hydroxyl groups is 1. The third-order valence-corrected chi connectivity index (χ3v) is 4.93. The topological polar surface area (TPSA) is 56.7 Å². The van der Waals surface area contributed by atoms with Gasteiger partial charge in [-0.25, -0.2) is 0 Å². The van der Waals surface area contributed by atoms with E-state index in [1.807, 2.05) is 48.5 Å². The van der Waals surface area contributed by atoms with Crippen LogP contribution in [-0.4, -0.2) is 36.8 Å². The second-order valence-electron chi connectivity index (χ2n) is 6.66. The Balaban J connectivity index is 1.61. The average molecular weight is 372 g/mol. The van der Waals surface area contributed by atoms with Crippen LogP contribution in [0.2, 0.25) is 5.02 Å². The molecule has 138 valence electrons. The average Bonchev–Trinajstić information content (AvgIpc) is 3.42. The maximum absolute atomic E-state index is 9.71. The predicted molar refractivity (Wildman–Crippen MR) is 108 cm³/mol. The van der Waals surface area contributed by atoms with Crippen LogP contribution in [0.4, 0.5) is 0 Å². The molecule has 1 aliphatic rings. The number of guanidine groups is 1. The van der Waals surface area contributed by atoms with Crippen molar-refractivity contribution < 1.29 is 5.11 Å². The molecule has 3 atom stereocenters. The molecule has 2 aromatic carbocycles. The highest BCUT2D eigenvalue weighted by Gasteiger charge is 2.39. The zero-order valence-electron chi connectivity index (χ0n) is 15.0. The first-order chi connectivity index (χ1) is 12.7. The van der Waals surface area contributed by atoms with Gasteiger partial charge in [0.1, 0.15) is 0 Å². The highest BCUT2D eigenvalue weighted by atomic mass is 35.5. The molecule has 0 aliphatic heterocycles. The molecule has 1 saturated carbocycles. The van der Waals surface area contributed by atoms with E-state index in [1.165, 1.54) is 5.56 Å². The molecular formula is C21H26ClN3O. The molecule has 3 unspecified atom stereocenters. The fourth-order valence-electron chi connectivity index (χ4n) is 3.15. The molecule has 0 spiro atoms. The van der Waals surface area contributed by atoms with Crippen LogP contribution in [-0.2, 0) is 0 Å². The molecule has 3 N–H and O–H groups in total. The van der Waals surface area contributed by atoms with E-state index in [0.717, 1.165) is 29.5 Å². The van der Waals surface area contributed by atoms with Gasteiger partial charge in [0.05, 0.1) is 13.2 Å². The normalized spacial score (nSPS) is 20.5. The van der Waals surface area contributed by atoms with Gasteiger partial charge >= 0.3 is 0 Å². The van der Waals surface area contributed by atoms with Gasteiger partial charge in [0, 0.05) is 29.4 Å². The lowest BCUT2D eigenvalue weighted by atomic mass is 10.0. The smallest absolute Gasteiger partial charge is 0.191 e. The molecule has 0 bridgehead atoms. The minimum atomic E-state index is 0.00888. The number of nitrogens with zero attached hydrogens (tertiary/aromatic N) is 1. The molecule has 0 saturated heterocycles. The summed E-state index contributed by atoms with van der Waals surface area (Å²) >= 11 is 6.10. The molecule has 1 aliphatic carbocycles. The monoisotopic (exact) mass is 371 g/mol. The lowest BCUT2D eigenvalue weighted by Crippen LogP contribution is -2.39. The van der Waals surface area contributed by atoms with Gasteiger partial charge < -0.3 is 15.7 Å². The fraction of sp³-hybridized carbons (Fsp3) is 0.381. The van der Waals surface area contributed by atoms with E-state index >= 15 is 0 Å². The molecule has 5 heteroatoms. The number of hydrogen-bond acceptors (Lipinski definition) is 2. The molecule has 0 aromatic heterocycles. The first-order valence-electron chi connectivity index (χ1n) is 9.17. The Kier molecular flexibility index (Phi) is 6.53. The Morgan fingerprint density at radius 3 is 2.73 bits per heavy atom. The van der Waals surface area contributed by atoms with Crippen molar-refractivity contribution in [1.82, 2.24) is 10.6 Å². The highest BCUT2D eigenvalue weighted by molar-refractivity contribution is 6.30. The van der Waals surface area contributed by atoms with E-state index in [9.17, 15) is 5.11 Å². The summed E-state index contributed by atoms with van der Waals surface area (Å²) in [6.45, 7) is 3.49. The summed E-state index contributed by atoms with van der Waals surface area (Å²) in [5, 5.41) is 17.3. The van der Waals surface area contributed by atoms with Crippen molar-refractivity contribution in [2.45, 2.75) is 31.2 Å². The zero-order valence-corrected chi connectivity index (χ0v) is 15.8. The maximum atomic E-state index is 9.71. The van der Waals surface area contributed by atoms with Crippen LogP contribution in [0.1, 0.15) is 36.3 Å². The van der Waals surface area contributed by atoms with Crippen LogP contribution >= 0.6 is 11.6 Å². The summed E-state index contributed by atoms with van der Waals surface area (Å²) in [6, 6.07) is 18.5. The molecule has 0 heterocycles. The van der Waals surface area contributed by atoms with Gasteiger partial charge in [-0.2, -0.15) is 0 Å². The molecular weight excluding hydrogens is 346 g/mol. The minimum absolute atomic E-state index is 0.00888. The van der Waals surface area contributed by atoms with Crippen molar-refractivity contribution in [3.8, 4) is 0 Å². The summed E-state index contributed by atoms with van der Waals surface area (Å²) < 4.78 is 0. The van der Waals surface area contributed by atoms with Gasteiger partial charge in [0.15, 0.2) is 5.96 Å². The summed E-state index contributed by atoms with van der Waals surface area (Å²) in [5.41, 5.74) is 2.38. The molecule has 0 amide bonds. The zero-order chi connectivity index (χ0) is 18.4. The summed E-state index contributed by atoms with van der Waals surface area (Å²) in [5.74, 6) is 1.28. The van der Waals surface area contributed by atoms with Crippen LogP contribution in [0.3, 0.4) is 0 Å². The van der Waals surface area contributed by atoms with Gasteiger partial charge in [-0.3, -0.25) is 4.99 Å². The van der Waals surface area contributed by atoms with Crippen LogP contribution in [0.5, 0.6) is 0 Å². The summed E-state index contributed by atoms with van der Waals surface area (Å²) in [7, 11) is 0. The SMILES string of the molecule is CCNC(=NCC(CO)c1ccccc1)NC1CC1c1cccc(Cl)c1. The van der Waals surface area contributed by atoms with Gasteiger partial charge in [0.2, 0.25) is 0 Å². The lowest BCUT2D eigenvalue weighted by Gasteiger charge is -2.15. The molecule has 0 radical (unpaired) electrons. The highest BCUT2D eigenvalue weighted by Crippen LogP contribution is 2.41. The van der Waals surface area contributed by atoms with Crippen molar-refractivity contribution in [2.24, 2.45) is 4.99 Å². The van der Waals surface area contributed by atoms with Crippen molar-refractivity contribution in [3.63, 3.8) is 0 Å². The first kappa shape index (κ1) is 18.7. The third kappa shape index (κ3) is 4.99. The van der Waals surface area contributed by atoms with E-state index in [4.69, 9.17) is 16.6 Å². The fourth-order valence-corrected chi connectivity index (χ4v) is 3.35.